The van der Waals surface area contributed by atoms with Gasteiger partial charge in [0.15, 0.2) is 0 Å². The fourth-order valence-corrected chi connectivity index (χ4v) is 2.76. The summed E-state index contributed by atoms with van der Waals surface area (Å²) in [4.78, 5) is 11.7. The molecule has 118 valence electrons. The van der Waals surface area contributed by atoms with Gasteiger partial charge in [-0.1, -0.05) is 23.7 Å². The van der Waals surface area contributed by atoms with E-state index in [1.165, 1.54) is 0 Å². The van der Waals surface area contributed by atoms with E-state index in [9.17, 15) is 4.79 Å². The Labute approximate surface area is 136 Å². The zero-order valence-corrected chi connectivity index (χ0v) is 13.7. The van der Waals surface area contributed by atoms with Crippen LogP contribution in [0.25, 0.3) is 0 Å². The molecule has 1 aromatic rings. The molecule has 21 heavy (non-hydrogen) atoms. The number of rotatable bonds is 4. The minimum atomic E-state index is -0.494. The van der Waals surface area contributed by atoms with Crippen LogP contribution in [-0.4, -0.2) is 31.7 Å². The van der Waals surface area contributed by atoms with Gasteiger partial charge in [0.1, 0.15) is 0 Å². The van der Waals surface area contributed by atoms with E-state index in [4.69, 9.17) is 22.1 Å². The molecule has 2 rings (SSSR count). The third-order valence-corrected chi connectivity index (χ3v) is 4.14. The van der Waals surface area contributed by atoms with Gasteiger partial charge in [0.25, 0.3) is 0 Å². The van der Waals surface area contributed by atoms with E-state index < -0.39 is 6.04 Å². The maximum Gasteiger partial charge on any atom is 0.236 e. The summed E-state index contributed by atoms with van der Waals surface area (Å²) in [5.74, 6) is -0.127. The zero-order chi connectivity index (χ0) is 14.6. The smallest absolute Gasteiger partial charge is 0.236 e. The summed E-state index contributed by atoms with van der Waals surface area (Å²) in [6, 6.07) is 7.35. The predicted molar refractivity (Wildman–Crippen MR) is 87.1 cm³/mol. The summed E-state index contributed by atoms with van der Waals surface area (Å²) >= 11 is 6.10. The van der Waals surface area contributed by atoms with Crippen LogP contribution < -0.4 is 11.1 Å². The Kier molecular flexibility index (Phi) is 6.94. The number of carbonyl (C=O) groups excluding carboxylic acids is 1. The summed E-state index contributed by atoms with van der Waals surface area (Å²) in [7, 11) is 0. The topological polar surface area (TPSA) is 64.4 Å². The molecule has 6 heteroatoms. The van der Waals surface area contributed by atoms with Crippen molar-refractivity contribution in [3.63, 3.8) is 0 Å². The monoisotopic (exact) mass is 332 g/mol. The molecule has 0 spiro atoms. The first-order valence-corrected chi connectivity index (χ1v) is 7.28. The molecular formula is C15H22Cl2N2O2. The van der Waals surface area contributed by atoms with Crippen LogP contribution in [-0.2, 0) is 14.9 Å². The summed E-state index contributed by atoms with van der Waals surface area (Å²) in [6.45, 7) is 3.64. The van der Waals surface area contributed by atoms with Gasteiger partial charge in [-0.3, -0.25) is 4.79 Å². The second-order valence-corrected chi connectivity index (χ2v) is 5.85. The highest BCUT2D eigenvalue weighted by molar-refractivity contribution is 6.30. The van der Waals surface area contributed by atoms with Crippen molar-refractivity contribution in [2.45, 2.75) is 31.2 Å². The molecule has 0 radical (unpaired) electrons. The average Bonchev–Trinajstić information content (AvgIpc) is 2.45. The fourth-order valence-electron chi connectivity index (χ4n) is 2.57. The molecule has 1 amide bonds. The number of ether oxygens (including phenoxy) is 1. The number of nitrogens with one attached hydrogen (secondary N) is 1. The van der Waals surface area contributed by atoms with Crippen LogP contribution >= 0.6 is 24.0 Å². The van der Waals surface area contributed by atoms with E-state index in [1.807, 2.05) is 18.2 Å². The fraction of sp³-hybridized carbons (Fsp3) is 0.533. The number of hydrogen-bond donors (Lipinski definition) is 2. The number of hydrogen-bond acceptors (Lipinski definition) is 3. The van der Waals surface area contributed by atoms with Crippen LogP contribution in [0.5, 0.6) is 0 Å². The van der Waals surface area contributed by atoms with Gasteiger partial charge >= 0.3 is 0 Å². The number of benzene rings is 1. The summed E-state index contributed by atoms with van der Waals surface area (Å²) < 4.78 is 5.46. The molecule has 1 heterocycles. The molecule has 4 nitrogen and oxygen atoms in total. The summed E-state index contributed by atoms with van der Waals surface area (Å²) in [5.41, 5.74) is 6.63. The van der Waals surface area contributed by atoms with Crippen molar-refractivity contribution in [1.82, 2.24) is 5.32 Å². The SMILES string of the molecule is C[C@@H](N)C(=O)NCC1(c2cccc(Cl)c2)CCOCC1.Cl. The number of halogens is 2. The molecule has 1 aliphatic heterocycles. The normalized spacial score (nSPS) is 18.4. The molecular weight excluding hydrogens is 311 g/mol. The van der Waals surface area contributed by atoms with Crippen molar-refractivity contribution in [2.24, 2.45) is 5.73 Å². The van der Waals surface area contributed by atoms with Crippen molar-refractivity contribution < 1.29 is 9.53 Å². The average molecular weight is 333 g/mol. The number of nitrogens with two attached hydrogens (primary N) is 1. The van der Waals surface area contributed by atoms with Gasteiger partial charge in [-0.2, -0.15) is 0 Å². The Hall–Kier alpha value is -0.810. The van der Waals surface area contributed by atoms with E-state index in [0.29, 0.717) is 24.8 Å². The van der Waals surface area contributed by atoms with Crippen LogP contribution in [0.2, 0.25) is 5.02 Å². The summed E-state index contributed by atoms with van der Waals surface area (Å²) in [5, 5.41) is 3.66. The molecule has 0 unspecified atom stereocenters. The minimum absolute atomic E-state index is 0. The van der Waals surface area contributed by atoms with Gasteiger partial charge in [0.2, 0.25) is 5.91 Å². The second-order valence-electron chi connectivity index (χ2n) is 5.41. The first kappa shape index (κ1) is 18.2. The predicted octanol–water partition coefficient (Wildman–Crippen LogP) is 2.27. The largest absolute Gasteiger partial charge is 0.381 e. The molecule has 0 saturated carbocycles. The quantitative estimate of drug-likeness (QED) is 0.888. The minimum Gasteiger partial charge on any atom is -0.381 e. The Balaban J connectivity index is 0.00000220. The van der Waals surface area contributed by atoms with Crippen LogP contribution in [0.3, 0.4) is 0 Å². The molecule has 3 N–H and O–H groups in total. The molecule has 1 aromatic carbocycles. The van der Waals surface area contributed by atoms with Crippen LogP contribution in [0.15, 0.2) is 24.3 Å². The lowest BCUT2D eigenvalue weighted by Gasteiger charge is -2.38. The molecule has 1 aliphatic rings. The Bertz CT molecular complexity index is 474. The zero-order valence-electron chi connectivity index (χ0n) is 12.1. The highest BCUT2D eigenvalue weighted by Gasteiger charge is 2.35. The van der Waals surface area contributed by atoms with E-state index in [2.05, 4.69) is 11.4 Å². The van der Waals surface area contributed by atoms with Gasteiger partial charge < -0.3 is 15.8 Å². The number of amides is 1. The standard InChI is InChI=1S/C15H21ClN2O2.ClH/c1-11(17)14(19)18-10-15(5-7-20-8-6-15)12-3-2-4-13(16)9-12;/h2-4,9,11H,5-8,10,17H2,1H3,(H,18,19);1H/t11-;/m1./s1. The third-order valence-electron chi connectivity index (χ3n) is 3.90. The van der Waals surface area contributed by atoms with Crippen molar-refractivity contribution in [1.29, 1.82) is 0 Å². The van der Waals surface area contributed by atoms with Crippen LogP contribution in [0.4, 0.5) is 0 Å². The molecule has 0 bridgehead atoms. The Morgan fingerprint density at radius 1 is 1.48 bits per heavy atom. The maximum atomic E-state index is 11.7. The Morgan fingerprint density at radius 3 is 2.71 bits per heavy atom. The van der Waals surface area contributed by atoms with Crippen molar-refractivity contribution in [2.75, 3.05) is 19.8 Å². The lowest BCUT2D eigenvalue weighted by Crippen LogP contribution is -2.48. The van der Waals surface area contributed by atoms with E-state index in [-0.39, 0.29) is 23.7 Å². The first-order valence-electron chi connectivity index (χ1n) is 6.91. The van der Waals surface area contributed by atoms with Gasteiger partial charge in [-0.05, 0) is 37.5 Å². The van der Waals surface area contributed by atoms with Gasteiger partial charge in [-0.25, -0.2) is 0 Å². The maximum absolute atomic E-state index is 11.7. The van der Waals surface area contributed by atoms with Gasteiger partial charge in [-0.15, -0.1) is 12.4 Å². The van der Waals surface area contributed by atoms with Gasteiger partial charge in [0.05, 0.1) is 6.04 Å². The molecule has 1 atom stereocenters. The van der Waals surface area contributed by atoms with Crippen LogP contribution in [0, 0.1) is 0 Å². The number of carbonyl (C=O) groups is 1. The Morgan fingerprint density at radius 2 is 2.14 bits per heavy atom. The van der Waals surface area contributed by atoms with Gasteiger partial charge in [0, 0.05) is 30.2 Å². The summed E-state index contributed by atoms with van der Waals surface area (Å²) in [6.07, 6.45) is 1.74. The first-order chi connectivity index (χ1) is 9.53. The van der Waals surface area contributed by atoms with Crippen molar-refractivity contribution >= 4 is 29.9 Å². The van der Waals surface area contributed by atoms with Crippen LogP contribution in [0.1, 0.15) is 25.3 Å². The van der Waals surface area contributed by atoms with E-state index in [0.717, 1.165) is 18.4 Å². The van der Waals surface area contributed by atoms with Crippen molar-refractivity contribution in [3.05, 3.63) is 34.9 Å². The molecule has 0 aliphatic carbocycles. The second kappa shape index (κ2) is 7.99. The van der Waals surface area contributed by atoms with E-state index >= 15 is 0 Å². The lowest BCUT2D eigenvalue weighted by molar-refractivity contribution is -0.122. The molecule has 0 aromatic heterocycles. The van der Waals surface area contributed by atoms with E-state index in [1.54, 1.807) is 6.92 Å². The van der Waals surface area contributed by atoms with Crippen molar-refractivity contribution in [3.8, 4) is 0 Å². The molecule has 1 saturated heterocycles. The molecule has 1 fully saturated rings. The third kappa shape index (κ3) is 4.58. The highest BCUT2D eigenvalue weighted by Crippen LogP contribution is 2.35. The lowest BCUT2D eigenvalue weighted by atomic mass is 9.74. The highest BCUT2D eigenvalue weighted by atomic mass is 35.5.